The number of carbonyl (C=O) groups is 1. The molecule has 0 atom stereocenters. The van der Waals surface area contributed by atoms with Crippen molar-refractivity contribution in [2.75, 3.05) is 32.7 Å². The summed E-state index contributed by atoms with van der Waals surface area (Å²) in [6.07, 6.45) is 0. The summed E-state index contributed by atoms with van der Waals surface area (Å²) in [5.74, 6) is 1.11. The summed E-state index contributed by atoms with van der Waals surface area (Å²) in [5.41, 5.74) is 0. The SMILES string of the molecule is CCNC(=O)c1ccc(CN2CCNCC2)o1. The third-order valence-corrected chi connectivity index (χ3v) is 2.81. The summed E-state index contributed by atoms with van der Waals surface area (Å²) < 4.78 is 5.53. The third kappa shape index (κ3) is 3.31. The molecule has 17 heavy (non-hydrogen) atoms. The third-order valence-electron chi connectivity index (χ3n) is 2.81. The van der Waals surface area contributed by atoms with Crippen LogP contribution in [0.15, 0.2) is 16.5 Å². The van der Waals surface area contributed by atoms with Gasteiger partial charge in [0.25, 0.3) is 5.91 Å². The predicted molar refractivity (Wildman–Crippen MR) is 64.9 cm³/mol. The number of hydrogen-bond donors (Lipinski definition) is 2. The molecule has 94 valence electrons. The highest BCUT2D eigenvalue weighted by molar-refractivity contribution is 5.91. The van der Waals surface area contributed by atoms with E-state index in [0.29, 0.717) is 12.3 Å². The molecular formula is C12H19N3O2. The van der Waals surface area contributed by atoms with E-state index in [9.17, 15) is 4.79 Å². The quantitative estimate of drug-likeness (QED) is 0.797. The fourth-order valence-electron chi connectivity index (χ4n) is 1.92. The van der Waals surface area contributed by atoms with Crippen LogP contribution in [0.3, 0.4) is 0 Å². The number of furan rings is 1. The molecule has 2 heterocycles. The van der Waals surface area contributed by atoms with Gasteiger partial charge < -0.3 is 15.1 Å². The Labute approximate surface area is 101 Å². The molecule has 0 bridgehead atoms. The van der Waals surface area contributed by atoms with E-state index < -0.39 is 0 Å². The molecule has 0 saturated carbocycles. The lowest BCUT2D eigenvalue weighted by Crippen LogP contribution is -2.42. The van der Waals surface area contributed by atoms with Gasteiger partial charge in [-0.1, -0.05) is 0 Å². The first-order valence-electron chi connectivity index (χ1n) is 6.09. The van der Waals surface area contributed by atoms with E-state index in [1.54, 1.807) is 6.07 Å². The Morgan fingerprint density at radius 3 is 2.94 bits per heavy atom. The topological polar surface area (TPSA) is 57.5 Å². The molecule has 0 aromatic carbocycles. The highest BCUT2D eigenvalue weighted by atomic mass is 16.4. The van der Waals surface area contributed by atoms with Gasteiger partial charge in [-0.25, -0.2) is 0 Å². The average molecular weight is 237 g/mol. The lowest BCUT2D eigenvalue weighted by atomic mass is 10.3. The molecule has 5 heteroatoms. The lowest BCUT2D eigenvalue weighted by Gasteiger charge is -2.26. The van der Waals surface area contributed by atoms with Gasteiger partial charge in [0.1, 0.15) is 5.76 Å². The van der Waals surface area contributed by atoms with Crippen molar-refractivity contribution in [3.63, 3.8) is 0 Å². The maximum absolute atomic E-state index is 11.5. The highest BCUT2D eigenvalue weighted by Crippen LogP contribution is 2.11. The second-order valence-electron chi connectivity index (χ2n) is 4.15. The Hall–Kier alpha value is -1.33. The maximum atomic E-state index is 11.5. The van der Waals surface area contributed by atoms with E-state index in [4.69, 9.17) is 4.42 Å². The second kappa shape index (κ2) is 5.84. The number of nitrogens with one attached hydrogen (secondary N) is 2. The second-order valence-corrected chi connectivity index (χ2v) is 4.15. The van der Waals surface area contributed by atoms with E-state index >= 15 is 0 Å². The largest absolute Gasteiger partial charge is 0.455 e. The first-order valence-corrected chi connectivity index (χ1v) is 6.09. The van der Waals surface area contributed by atoms with E-state index in [0.717, 1.165) is 38.5 Å². The van der Waals surface area contributed by atoms with Gasteiger partial charge in [-0.15, -0.1) is 0 Å². The molecule has 2 N–H and O–H groups in total. The monoisotopic (exact) mass is 237 g/mol. The van der Waals surface area contributed by atoms with Crippen molar-refractivity contribution < 1.29 is 9.21 Å². The summed E-state index contributed by atoms with van der Waals surface area (Å²) in [6.45, 7) is 7.37. The van der Waals surface area contributed by atoms with Crippen molar-refractivity contribution in [2.45, 2.75) is 13.5 Å². The molecule has 5 nitrogen and oxygen atoms in total. The van der Waals surface area contributed by atoms with Crippen LogP contribution in [0.2, 0.25) is 0 Å². The number of amides is 1. The van der Waals surface area contributed by atoms with Crippen LogP contribution in [0.5, 0.6) is 0 Å². The van der Waals surface area contributed by atoms with Gasteiger partial charge in [0.15, 0.2) is 5.76 Å². The molecule has 1 amide bonds. The van der Waals surface area contributed by atoms with Crippen LogP contribution in [0.4, 0.5) is 0 Å². The molecule has 1 aromatic heterocycles. The molecule has 1 aromatic rings. The van der Waals surface area contributed by atoms with Crippen molar-refractivity contribution in [1.82, 2.24) is 15.5 Å². The highest BCUT2D eigenvalue weighted by Gasteiger charge is 2.14. The van der Waals surface area contributed by atoms with Gasteiger partial charge in [-0.05, 0) is 19.1 Å². The number of nitrogens with zero attached hydrogens (tertiary/aromatic N) is 1. The molecule has 1 aliphatic rings. The molecule has 1 aliphatic heterocycles. The van der Waals surface area contributed by atoms with Crippen molar-refractivity contribution in [1.29, 1.82) is 0 Å². The van der Waals surface area contributed by atoms with E-state index in [-0.39, 0.29) is 5.91 Å². The van der Waals surface area contributed by atoms with Crippen LogP contribution in [0.1, 0.15) is 23.2 Å². The Kier molecular flexibility index (Phi) is 4.17. The standard InChI is InChI=1S/C12H19N3O2/c1-2-14-12(16)11-4-3-10(17-11)9-15-7-5-13-6-8-15/h3-4,13H,2,5-9H2,1H3,(H,14,16). The minimum atomic E-state index is -0.140. The summed E-state index contributed by atoms with van der Waals surface area (Å²) in [5, 5.41) is 6.03. The zero-order valence-corrected chi connectivity index (χ0v) is 10.2. The van der Waals surface area contributed by atoms with E-state index in [1.807, 2.05) is 13.0 Å². The number of piperazine rings is 1. The fourth-order valence-corrected chi connectivity index (χ4v) is 1.92. The summed E-state index contributed by atoms with van der Waals surface area (Å²) in [4.78, 5) is 13.8. The van der Waals surface area contributed by atoms with Crippen molar-refractivity contribution in [3.8, 4) is 0 Å². The van der Waals surface area contributed by atoms with Crippen molar-refractivity contribution in [2.24, 2.45) is 0 Å². The molecule has 0 spiro atoms. The average Bonchev–Trinajstić information content (AvgIpc) is 2.79. The first kappa shape index (κ1) is 12.1. The minimum Gasteiger partial charge on any atom is -0.455 e. The fraction of sp³-hybridized carbons (Fsp3) is 0.583. The van der Waals surface area contributed by atoms with Crippen LogP contribution in [-0.4, -0.2) is 43.5 Å². The maximum Gasteiger partial charge on any atom is 0.286 e. The van der Waals surface area contributed by atoms with Gasteiger partial charge >= 0.3 is 0 Å². The Balaban J connectivity index is 1.91. The van der Waals surface area contributed by atoms with Crippen LogP contribution >= 0.6 is 0 Å². The molecular weight excluding hydrogens is 218 g/mol. The van der Waals surface area contributed by atoms with Crippen molar-refractivity contribution >= 4 is 5.91 Å². The van der Waals surface area contributed by atoms with Crippen molar-refractivity contribution in [3.05, 3.63) is 23.7 Å². The molecule has 0 unspecified atom stereocenters. The van der Waals surface area contributed by atoms with Crippen LogP contribution in [0.25, 0.3) is 0 Å². The number of hydrogen-bond acceptors (Lipinski definition) is 4. The zero-order chi connectivity index (χ0) is 12.1. The number of rotatable bonds is 4. The van der Waals surface area contributed by atoms with Gasteiger partial charge in [0.2, 0.25) is 0 Å². The van der Waals surface area contributed by atoms with Gasteiger partial charge in [-0.2, -0.15) is 0 Å². The van der Waals surface area contributed by atoms with E-state index in [2.05, 4.69) is 15.5 Å². The van der Waals surface area contributed by atoms with Gasteiger partial charge in [0.05, 0.1) is 6.54 Å². The number of carbonyl (C=O) groups excluding carboxylic acids is 1. The van der Waals surface area contributed by atoms with Crippen LogP contribution in [0, 0.1) is 0 Å². The van der Waals surface area contributed by atoms with Gasteiger partial charge in [-0.3, -0.25) is 9.69 Å². The molecule has 1 saturated heterocycles. The Morgan fingerprint density at radius 1 is 1.47 bits per heavy atom. The minimum absolute atomic E-state index is 0.140. The smallest absolute Gasteiger partial charge is 0.286 e. The van der Waals surface area contributed by atoms with E-state index in [1.165, 1.54) is 0 Å². The summed E-state index contributed by atoms with van der Waals surface area (Å²) in [6, 6.07) is 3.62. The zero-order valence-electron chi connectivity index (χ0n) is 10.2. The normalized spacial score (nSPS) is 17.0. The Bertz CT molecular complexity index is 370. The van der Waals surface area contributed by atoms with Crippen LogP contribution < -0.4 is 10.6 Å². The lowest BCUT2D eigenvalue weighted by molar-refractivity contribution is 0.0923. The van der Waals surface area contributed by atoms with Gasteiger partial charge in [0, 0.05) is 32.7 Å². The summed E-state index contributed by atoms with van der Waals surface area (Å²) >= 11 is 0. The molecule has 2 rings (SSSR count). The Morgan fingerprint density at radius 2 is 2.24 bits per heavy atom. The van der Waals surface area contributed by atoms with Crippen LogP contribution in [-0.2, 0) is 6.54 Å². The summed E-state index contributed by atoms with van der Waals surface area (Å²) in [7, 11) is 0. The molecule has 0 radical (unpaired) electrons. The first-order chi connectivity index (χ1) is 8.29. The molecule has 0 aliphatic carbocycles. The predicted octanol–water partition coefficient (Wildman–Crippen LogP) is 0.435. The molecule has 1 fully saturated rings.